The van der Waals surface area contributed by atoms with E-state index in [4.69, 9.17) is 4.43 Å². The third kappa shape index (κ3) is 13.1. The van der Waals surface area contributed by atoms with Gasteiger partial charge in [-0.1, -0.05) is 40.0 Å². The number of unbranched alkanes of at least 4 members (excludes halogenated alkanes) is 4. The monoisotopic (exact) mass is 312 g/mol. The smallest absolute Gasteiger partial charge is 0.171 e. The van der Waals surface area contributed by atoms with E-state index >= 15 is 0 Å². The first kappa shape index (κ1) is 20.7. The Bertz CT molecular complexity index is 307. The summed E-state index contributed by atoms with van der Waals surface area (Å²) in [5, 5.41) is 9.17. The van der Waals surface area contributed by atoms with Crippen molar-refractivity contribution in [2.24, 2.45) is 5.41 Å². The standard InChI is InChI=1S/C18H36O2Si/c1-16(19)14-12-10-8-7-9-11-13-15-17(18(2,3)4)20-21(5)6/h16-17,19,21H,7-10,12,14-15H2,1-6H3. The van der Waals surface area contributed by atoms with E-state index in [0.717, 1.165) is 25.7 Å². The number of hydrogen-bond acceptors (Lipinski definition) is 2. The van der Waals surface area contributed by atoms with Gasteiger partial charge < -0.3 is 9.53 Å². The SMILES string of the molecule is CC(O)CCCCCCC#CCC(O[SiH](C)C)C(C)(C)C. The van der Waals surface area contributed by atoms with Crippen molar-refractivity contribution in [2.45, 2.75) is 97.9 Å². The van der Waals surface area contributed by atoms with E-state index in [1.54, 1.807) is 0 Å². The molecule has 2 nitrogen and oxygen atoms in total. The first-order chi connectivity index (χ1) is 9.73. The minimum atomic E-state index is -1.00. The molecule has 1 N–H and O–H groups in total. The topological polar surface area (TPSA) is 29.5 Å². The van der Waals surface area contributed by atoms with Crippen LogP contribution in [0.25, 0.3) is 0 Å². The van der Waals surface area contributed by atoms with Crippen LogP contribution in [0.1, 0.15) is 72.6 Å². The lowest BCUT2D eigenvalue weighted by molar-refractivity contribution is 0.0911. The maximum atomic E-state index is 9.17. The molecule has 0 radical (unpaired) electrons. The molecular weight excluding hydrogens is 276 g/mol. The molecule has 0 aromatic rings. The van der Waals surface area contributed by atoms with E-state index in [1.807, 2.05) is 6.92 Å². The molecule has 0 fully saturated rings. The molecule has 0 aliphatic carbocycles. The summed E-state index contributed by atoms with van der Waals surface area (Å²) in [6, 6.07) is 0. The molecule has 0 aliphatic rings. The lowest BCUT2D eigenvalue weighted by Crippen LogP contribution is -2.32. The fraction of sp³-hybridized carbons (Fsp3) is 0.889. The van der Waals surface area contributed by atoms with Crippen molar-refractivity contribution in [3.8, 4) is 11.8 Å². The molecule has 0 aliphatic heterocycles. The van der Waals surface area contributed by atoms with Crippen molar-refractivity contribution in [2.75, 3.05) is 0 Å². The van der Waals surface area contributed by atoms with Gasteiger partial charge in [0.15, 0.2) is 9.04 Å². The van der Waals surface area contributed by atoms with Gasteiger partial charge in [-0.2, -0.15) is 0 Å². The molecule has 0 bridgehead atoms. The second kappa shape index (κ2) is 11.3. The zero-order chi connectivity index (χ0) is 16.3. The summed E-state index contributed by atoms with van der Waals surface area (Å²) in [6.07, 6.45) is 7.62. The average molecular weight is 313 g/mol. The quantitative estimate of drug-likeness (QED) is 0.385. The van der Waals surface area contributed by atoms with Crippen LogP contribution in [0.5, 0.6) is 0 Å². The van der Waals surface area contributed by atoms with Gasteiger partial charge in [0.2, 0.25) is 0 Å². The van der Waals surface area contributed by atoms with Gasteiger partial charge in [0, 0.05) is 12.8 Å². The Kier molecular flexibility index (Phi) is 11.1. The van der Waals surface area contributed by atoms with Crippen molar-refractivity contribution < 1.29 is 9.53 Å². The third-order valence-corrected chi connectivity index (χ3v) is 4.36. The van der Waals surface area contributed by atoms with Gasteiger partial charge in [0.05, 0.1) is 12.2 Å². The van der Waals surface area contributed by atoms with Gasteiger partial charge in [-0.3, -0.25) is 0 Å². The van der Waals surface area contributed by atoms with E-state index in [0.29, 0.717) is 0 Å². The lowest BCUT2D eigenvalue weighted by Gasteiger charge is -2.31. The molecule has 0 aromatic carbocycles. The molecule has 0 spiro atoms. The molecule has 0 rings (SSSR count). The normalized spacial score (nSPS) is 14.7. The van der Waals surface area contributed by atoms with Crippen LogP contribution in [0.3, 0.4) is 0 Å². The second-order valence-electron chi connectivity index (χ2n) is 7.40. The first-order valence-electron chi connectivity index (χ1n) is 8.52. The van der Waals surface area contributed by atoms with Crippen LogP contribution in [0.15, 0.2) is 0 Å². The number of aliphatic hydroxyl groups excluding tert-OH is 1. The van der Waals surface area contributed by atoms with E-state index in [1.165, 1.54) is 19.3 Å². The summed E-state index contributed by atoms with van der Waals surface area (Å²) in [7, 11) is -1.00. The Hall–Kier alpha value is -0.303. The molecular formula is C18H36O2Si. The molecule has 0 saturated carbocycles. The molecule has 2 atom stereocenters. The first-order valence-corrected chi connectivity index (χ1v) is 11.3. The Morgan fingerprint density at radius 2 is 1.67 bits per heavy atom. The van der Waals surface area contributed by atoms with Gasteiger partial charge in [-0.05, 0) is 38.3 Å². The van der Waals surface area contributed by atoms with Crippen LogP contribution in [0.4, 0.5) is 0 Å². The van der Waals surface area contributed by atoms with Crippen LogP contribution in [-0.2, 0) is 4.43 Å². The molecule has 0 aromatic heterocycles. The highest BCUT2D eigenvalue weighted by molar-refractivity contribution is 6.48. The maximum Gasteiger partial charge on any atom is 0.171 e. The highest BCUT2D eigenvalue weighted by atomic mass is 28.3. The van der Waals surface area contributed by atoms with Gasteiger partial charge in [0.1, 0.15) is 0 Å². The predicted octanol–water partition coefficient (Wildman–Crippen LogP) is 4.52. The zero-order valence-electron chi connectivity index (χ0n) is 15.0. The number of aliphatic hydroxyl groups is 1. The molecule has 2 unspecified atom stereocenters. The van der Waals surface area contributed by atoms with Gasteiger partial charge in [-0.25, -0.2) is 0 Å². The van der Waals surface area contributed by atoms with Crippen LogP contribution in [-0.4, -0.2) is 26.4 Å². The van der Waals surface area contributed by atoms with Crippen LogP contribution >= 0.6 is 0 Å². The van der Waals surface area contributed by atoms with Gasteiger partial charge in [-0.15, -0.1) is 11.8 Å². The molecule has 21 heavy (non-hydrogen) atoms. The van der Waals surface area contributed by atoms with E-state index in [2.05, 4.69) is 45.7 Å². The van der Waals surface area contributed by atoms with E-state index < -0.39 is 9.04 Å². The summed E-state index contributed by atoms with van der Waals surface area (Å²) < 4.78 is 6.11. The molecule has 124 valence electrons. The Labute approximate surface area is 134 Å². The van der Waals surface area contributed by atoms with Crippen LogP contribution in [0, 0.1) is 17.3 Å². The van der Waals surface area contributed by atoms with Crippen molar-refractivity contribution in [1.29, 1.82) is 0 Å². The van der Waals surface area contributed by atoms with Crippen LogP contribution in [0.2, 0.25) is 13.1 Å². The molecule has 3 heteroatoms. The predicted molar refractivity (Wildman–Crippen MR) is 95.0 cm³/mol. The molecule has 0 amide bonds. The van der Waals surface area contributed by atoms with E-state index in [-0.39, 0.29) is 17.6 Å². The highest BCUT2D eigenvalue weighted by Crippen LogP contribution is 2.25. The van der Waals surface area contributed by atoms with Crippen molar-refractivity contribution in [3.63, 3.8) is 0 Å². The Balaban J connectivity index is 3.83. The average Bonchev–Trinajstić information content (AvgIpc) is 2.33. The van der Waals surface area contributed by atoms with E-state index in [9.17, 15) is 5.11 Å². The number of hydrogen-bond donors (Lipinski definition) is 1. The second-order valence-corrected chi connectivity index (χ2v) is 9.77. The summed E-state index contributed by atoms with van der Waals surface area (Å²) in [5.74, 6) is 6.61. The highest BCUT2D eigenvalue weighted by Gasteiger charge is 2.25. The third-order valence-electron chi connectivity index (χ3n) is 3.49. The maximum absolute atomic E-state index is 9.17. The fourth-order valence-corrected chi connectivity index (χ4v) is 3.31. The minimum Gasteiger partial charge on any atom is -0.416 e. The van der Waals surface area contributed by atoms with Crippen LogP contribution < -0.4 is 0 Å². The fourth-order valence-electron chi connectivity index (χ4n) is 2.15. The van der Waals surface area contributed by atoms with Crippen molar-refractivity contribution in [3.05, 3.63) is 0 Å². The van der Waals surface area contributed by atoms with Gasteiger partial charge >= 0.3 is 0 Å². The largest absolute Gasteiger partial charge is 0.416 e. The Morgan fingerprint density at radius 3 is 2.19 bits per heavy atom. The van der Waals surface area contributed by atoms with Crippen molar-refractivity contribution in [1.82, 2.24) is 0 Å². The summed E-state index contributed by atoms with van der Waals surface area (Å²) in [4.78, 5) is 0. The lowest BCUT2D eigenvalue weighted by atomic mass is 9.87. The summed E-state index contributed by atoms with van der Waals surface area (Å²) in [6.45, 7) is 13.0. The minimum absolute atomic E-state index is 0.149. The molecule has 0 heterocycles. The van der Waals surface area contributed by atoms with Gasteiger partial charge in [0.25, 0.3) is 0 Å². The Morgan fingerprint density at radius 1 is 1.05 bits per heavy atom. The molecule has 0 saturated heterocycles. The van der Waals surface area contributed by atoms with Crippen molar-refractivity contribution >= 4 is 9.04 Å². The zero-order valence-corrected chi connectivity index (χ0v) is 16.2. The summed E-state index contributed by atoms with van der Waals surface area (Å²) in [5.41, 5.74) is 0.174. The number of rotatable bonds is 9. The summed E-state index contributed by atoms with van der Waals surface area (Å²) >= 11 is 0.